The maximum Gasteiger partial charge on any atom is 0.410 e. The van der Waals surface area contributed by atoms with Gasteiger partial charge in [0, 0.05) is 24.0 Å². The van der Waals surface area contributed by atoms with Crippen LogP contribution >= 0.6 is 0 Å². The number of carbonyl (C=O) groups is 1. The van der Waals surface area contributed by atoms with Gasteiger partial charge in [-0.2, -0.15) is 0 Å². The number of ether oxygens (including phenoxy) is 1. The lowest BCUT2D eigenvalue weighted by Crippen LogP contribution is -2.51. The molecule has 1 saturated heterocycles. The summed E-state index contributed by atoms with van der Waals surface area (Å²) in [5.74, 6) is 0. The maximum absolute atomic E-state index is 12.3. The maximum atomic E-state index is 12.3. The summed E-state index contributed by atoms with van der Waals surface area (Å²) in [6.45, 7) is 11.0. The molecule has 0 saturated carbocycles. The minimum atomic E-state index is -0.492. The molecule has 114 valence electrons. The van der Waals surface area contributed by atoms with Crippen LogP contribution in [-0.2, 0) is 4.74 Å². The summed E-state index contributed by atoms with van der Waals surface area (Å²) in [7, 11) is 0. The second kappa shape index (κ2) is 6.35. The average molecular weight is 282 g/mol. The number of azide groups is 1. The van der Waals surface area contributed by atoms with E-state index in [1.165, 1.54) is 0 Å². The largest absolute Gasteiger partial charge is 0.444 e. The van der Waals surface area contributed by atoms with E-state index in [0.29, 0.717) is 19.5 Å². The third kappa shape index (κ3) is 5.29. The zero-order valence-electron chi connectivity index (χ0n) is 13.2. The number of hydrogen-bond donors (Lipinski definition) is 0. The SMILES string of the molecule is CC1(C)CCC(CCN=[N+]=[N-])N(C(=O)OC(C)(C)C)C1. The summed E-state index contributed by atoms with van der Waals surface area (Å²) in [6, 6.07) is 0.100. The van der Waals surface area contributed by atoms with Gasteiger partial charge in [0.05, 0.1) is 0 Å². The molecule has 20 heavy (non-hydrogen) atoms. The van der Waals surface area contributed by atoms with Gasteiger partial charge in [0.25, 0.3) is 0 Å². The second-order valence-corrected chi connectivity index (χ2v) is 7.21. The molecule has 1 atom stereocenters. The van der Waals surface area contributed by atoms with E-state index >= 15 is 0 Å². The minimum absolute atomic E-state index is 0.100. The number of amides is 1. The molecule has 6 nitrogen and oxygen atoms in total. The quantitative estimate of drug-likeness (QED) is 0.443. The number of hydrogen-bond acceptors (Lipinski definition) is 3. The number of carbonyl (C=O) groups excluding carboxylic acids is 1. The van der Waals surface area contributed by atoms with Gasteiger partial charge in [-0.3, -0.25) is 0 Å². The normalized spacial score (nSPS) is 22.1. The molecule has 1 aliphatic rings. The van der Waals surface area contributed by atoms with Crippen molar-refractivity contribution in [2.24, 2.45) is 10.5 Å². The molecule has 1 fully saturated rings. The molecule has 1 rings (SSSR count). The Balaban J connectivity index is 2.76. The summed E-state index contributed by atoms with van der Waals surface area (Å²) in [4.78, 5) is 16.9. The van der Waals surface area contributed by atoms with Crippen molar-refractivity contribution >= 4 is 6.09 Å². The van der Waals surface area contributed by atoms with Crippen LogP contribution in [0.5, 0.6) is 0 Å². The van der Waals surface area contributed by atoms with Crippen molar-refractivity contribution in [3.05, 3.63) is 10.4 Å². The Kier molecular flexibility index (Phi) is 5.28. The Bertz CT molecular complexity index is 394. The standard InChI is InChI=1S/C14H26N4O2/c1-13(2,3)20-12(19)18-10-14(4,5)8-6-11(18)7-9-16-17-15/h11H,6-10H2,1-5H3. The van der Waals surface area contributed by atoms with Gasteiger partial charge in [0.1, 0.15) is 5.60 Å². The van der Waals surface area contributed by atoms with Gasteiger partial charge in [-0.25, -0.2) is 4.79 Å². The number of piperidine rings is 1. The van der Waals surface area contributed by atoms with Crippen LogP contribution in [0.15, 0.2) is 5.11 Å². The van der Waals surface area contributed by atoms with Crippen molar-refractivity contribution in [1.29, 1.82) is 0 Å². The molecule has 0 aliphatic carbocycles. The molecule has 0 aromatic rings. The molecule has 0 aromatic heterocycles. The van der Waals surface area contributed by atoms with E-state index in [0.717, 1.165) is 12.8 Å². The molecule has 0 aromatic carbocycles. The van der Waals surface area contributed by atoms with Crippen molar-refractivity contribution in [2.45, 2.75) is 65.5 Å². The van der Waals surface area contributed by atoms with Gasteiger partial charge in [-0.1, -0.05) is 19.0 Å². The molecule has 1 aliphatic heterocycles. The Hall–Kier alpha value is -1.42. The zero-order valence-corrected chi connectivity index (χ0v) is 13.2. The van der Waals surface area contributed by atoms with Crippen LogP contribution in [0.4, 0.5) is 4.79 Å². The van der Waals surface area contributed by atoms with Crippen molar-refractivity contribution in [3.63, 3.8) is 0 Å². The Morgan fingerprint density at radius 2 is 2.15 bits per heavy atom. The van der Waals surface area contributed by atoms with Crippen LogP contribution in [0.1, 0.15) is 53.9 Å². The van der Waals surface area contributed by atoms with Gasteiger partial charge in [-0.15, -0.1) is 0 Å². The van der Waals surface area contributed by atoms with Gasteiger partial charge in [-0.05, 0) is 51.0 Å². The molecular weight excluding hydrogens is 256 g/mol. The second-order valence-electron chi connectivity index (χ2n) is 7.21. The van der Waals surface area contributed by atoms with E-state index in [2.05, 4.69) is 23.9 Å². The van der Waals surface area contributed by atoms with Gasteiger partial charge in [0.2, 0.25) is 0 Å². The van der Waals surface area contributed by atoms with Crippen LogP contribution in [0.3, 0.4) is 0 Å². The van der Waals surface area contributed by atoms with Crippen molar-refractivity contribution < 1.29 is 9.53 Å². The highest BCUT2D eigenvalue weighted by molar-refractivity contribution is 5.68. The van der Waals surface area contributed by atoms with E-state index in [1.54, 1.807) is 0 Å². The van der Waals surface area contributed by atoms with E-state index in [9.17, 15) is 4.79 Å². The van der Waals surface area contributed by atoms with Crippen LogP contribution in [-0.4, -0.2) is 35.7 Å². The van der Waals surface area contributed by atoms with Crippen molar-refractivity contribution in [1.82, 2.24) is 4.90 Å². The molecule has 1 heterocycles. The highest BCUT2D eigenvalue weighted by atomic mass is 16.6. The van der Waals surface area contributed by atoms with E-state index in [1.807, 2.05) is 25.7 Å². The molecule has 0 bridgehead atoms. The molecular formula is C14H26N4O2. The predicted molar refractivity (Wildman–Crippen MR) is 78.4 cm³/mol. The van der Waals surface area contributed by atoms with E-state index in [4.69, 9.17) is 10.3 Å². The first-order valence-electron chi connectivity index (χ1n) is 7.15. The summed E-state index contributed by atoms with van der Waals surface area (Å²) in [5, 5.41) is 3.57. The van der Waals surface area contributed by atoms with Gasteiger partial charge < -0.3 is 9.64 Å². The van der Waals surface area contributed by atoms with Crippen molar-refractivity contribution in [3.8, 4) is 0 Å². The highest BCUT2D eigenvalue weighted by Gasteiger charge is 2.37. The first kappa shape index (κ1) is 16.6. The molecule has 6 heteroatoms. The lowest BCUT2D eigenvalue weighted by Gasteiger charge is -2.43. The Labute approximate surface area is 121 Å². The Morgan fingerprint density at radius 1 is 1.50 bits per heavy atom. The fourth-order valence-corrected chi connectivity index (χ4v) is 2.47. The van der Waals surface area contributed by atoms with E-state index < -0.39 is 5.60 Å². The van der Waals surface area contributed by atoms with Crippen LogP contribution in [0.25, 0.3) is 10.4 Å². The smallest absolute Gasteiger partial charge is 0.410 e. The van der Waals surface area contributed by atoms with Gasteiger partial charge >= 0.3 is 6.09 Å². The van der Waals surface area contributed by atoms with Crippen molar-refractivity contribution in [2.75, 3.05) is 13.1 Å². The molecule has 1 amide bonds. The topological polar surface area (TPSA) is 78.3 Å². The number of nitrogens with zero attached hydrogens (tertiary/aromatic N) is 4. The predicted octanol–water partition coefficient (Wildman–Crippen LogP) is 4.11. The average Bonchev–Trinajstić information content (AvgIpc) is 2.28. The van der Waals surface area contributed by atoms with Crippen LogP contribution in [0, 0.1) is 5.41 Å². The summed E-state index contributed by atoms with van der Waals surface area (Å²) in [5.41, 5.74) is 7.97. The van der Waals surface area contributed by atoms with Crippen LogP contribution in [0.2, 0.25) is 0 Å². The lowest BCUT2D eigenvalue weighted by atomic mass is 9.81. The van der Waals surface area contributed by atoms with Gasteiger partial charge in [0.15, 0.2) is 0 Å². The molecule has 0 N–H and O–H groups in total. The minimum Gasteiger partial charge on any atom is -0.444 e. The third-order valence-corrected chi connectivity index (χ3v) is 3.45. The first-order chi connectivity index (χ1) is 9.14. The summed E-state index contributed by atoms with van der Waals surface area (Å²) >= 11 is 0. The molecule has 0 radical (unpaired) electrons. The fourth-order valence-electron chi connectivity index (χ4n) is 2.47. The summed E-state index contributed by atoms with van der Waals surface area (Å²) < 4.78 is 5.49. The number of likely N-dealkylation sites (tertiary alicyclic amines) is 1. The highest BCUT2D eigenvalue weighted by Crippen LogP contribution is 2.34. The summed E-state index contributed by atoms with van der Waals surface area (Å²) in [6.07, 6.45) is 2.41. The molecule has 0 spiro atoms. The zero-order chi connectivity index (χ0) is 15.4. The first-order valence-corrected chi connectivity index (χ1v) is 7.15. The monoisotopic (exact) mass is 282 g/mol. The number of rotatable bonds is 3. The third-order valence-electron chi connectivity index (χ3n) is 3.45. The fraction of sp³-hybridized carbons (Fsp3) is 0.929. The molecule has 1 unspecified atom stereocenters. The van der Waals surface area contributed by atoms with Crippen LogP contribution < -0.4 is 0 Å². The Morgan fingerprint density at radius 3 is 2.70 bits per heavy atom. The lowest BCUT2D eigenvalue weighted by molar-refractivity contribution is -0.00827. The van der Waals surface area contributed by atoms with E-state index in [-0.39, 0.29) is 17.6 Å².